The van der Waals surface area contributed by atoms with Gasteiger partial charge in [0, 0.05) is 24.1 Å². The summed E-state index contributed by atoms with van der Waals surface area (Å²) >= 11 is 0. The minimum atomic E-state index is -0.412. The normalized spacial score (nSPS) is 10.5. The van der Waals surface area contributed by atoms with E-state index in [0.717, 1.165) is 16.8 Å². The molecular formula is C15H17N3O3. The van der Waals surface area contributed by atoms with E-state index in [4.69, 9.17) is 4.74 Å². The third-order valence-electron chi connectivity index (χ3n) is 2.78. The van der Waals surface area contributed by atoms with Crippen molar-refractivity contribution < 1.29 is 9.66 Å². The Labute approximate surface area is 122 Å². The number of ether oxygens (including phenoxy) is 1. The van der Waals surface area contributed by atoms with Gasteiger partial charge >= 0.3 is 0 Å². The van der Waals surface area contributed by atoms with Gasteiger partial charge in [0.25, 0.3) is 5.69 Å². The number of nitrogens with one attached hydrogen (secondary N) is 1. The van der Waals surface area contributed by atoms with Crippen LogP contribution in [0.15, 0.2) is 42.5 Å². The number of non-ortho nitro benzene ring substituents is 1. The van der Waals surface area contributed by atoms with Gasteiger partial charge in [-0.05, 0) is 25.1 Å². The van der Waals surface area contributed by atoms with E-state index in [-0.39, 0.29) is 5.69 Å². The highest BCUT2D eigenvalue weighted by Crippen LogP contribution is 2.20. The van der Waals surface area contributed by atoms with Crippen molar-refractivity contribution in [1.82, 2.24) is 4.98 Å². The molecule has 0 spiro atoms. The van der Waals surface area contributed by atoms with Crippen LogP contribution < -0.4 is 5.32 Å². The van der Waals surface area contributed by atoms with Gasteiger partial charge in [0.15, 0.2) is 0 Å². The lowest BCUT2D eigenvalue weighted by Gasteiger charge is -2.07. The highest BCUT2D eigenvalue weighted by Gasteiger charge is 2.06. The van der Waals surface area contributed by atoms with Gasteiger partial charge in [-0.2, -0.15) is 0 Å². The van der Waals surface area contributed by atoms with E-state index in [9.17, 15) is 10.1 Å². The predicted octanol–water partition coefficient (Wildman–Crippen LogP) is 3.15. The van der Waals surface area contributed by atoms with Crippen molar-refractivity contribution in [3.8, 4) is 0 Å². The van der Waals surface area contributed by atoms with Gasteiger partial charge in [0.1, 0.15) is 5.82 Å². The molecule has 21 heavy (non-hydrogen) atoms. The molecule has 1 heterocycles. The zero-order valence-corrected chi connectivity index (χ0v) is 11.8. The Balaban J connectivity index is 1.97. The van der Waals surface area contributed by atoms with E-state index in [0.29, 0.717) is 25.3 Å². The summed E-state index contributed by atoms with van der Waals surface area (Å²) < 4.78 is 5.38. The molecule has 0 amide bonds. The number of hydrogen-bond acceptors (Lipinski definition) is 5. The Morgan fingerprint density at radius 2 is 2.24 bits per heavy atom. The topological polar surface area (TPSA) is 77.3 Å². The Hall–Kier alpha value is -2.47. The second-order valence-electron chi connectivity index (χ2n) is 4.77. The average Bonchev–Trinajstić information content (AvgIpc) is 2.45. The molecule has 0 aliphatic heterocycles. The third kappa shape index (κ3) is 4.25. The summed E-state index contributed by atoms with van der Waals surface area (Å²) in [5, 5.41) is 14.6. The van der Waals surface area contributed by atoms with Crippen molar-refractivity contribution >= 4 is 22.4 Å². The molecule has 0 atom stereocenters. The molecule has 0 bridgehead atoms. The summed E-state index contributed by atoms with van der Waals surface area (Å²) in [6.45, 7) is 7.43. The van der Waals surface area contributed by atoms with E-state index in [1.54, 1.807) is 12.1 Å². The Kier molecular flexibility index (Phi) is 4.84. The maximum Gasteiger partial charge on any atom is 0.270 e. The van der Waals surface area contributed by atoms with Gasteiger partial charge in [-0.3, -0.25) is 10.1 Å². The second-order valence-corrected chi connectivity index (χ2v) is 4.77. The first kappa shape index (κ1) is 14.9. The van der Waals surface area contributed by atoms with Gasteiger partial charge in [-0.15, -0.1) is 0 Å². The lowest BCUT2D eigenvalue weighted by atomic mass is 10.2. The van der Waals surface area contributed by atoms with Crippen LogP contribution in [0.25, 0.3) is 10.9 Å². The lowest BCUT2D eigenvalue weighted by Crippen LogP contribution is -2.11. The Bertz CT molecular complexity index is 670. The van der Waals surface area contributed by atoms with Crippen LogP contribution in [0, 0.1) is 10.1 Å². The number of aromatic nitrogens is 1. The zero-order valence-electron chi connectivity index (χ0n) is 11.8. The van der Waals surface area contributed by atoms with Crippen LogP contribution in [0.3, 0.4) is 0 Å². The second kappa shape index (κ2) is 6.81. The van der Waals surface area contributed by atoms with Crippen LogP contribution in [0.1, 0.15) is 6.92 Å². The molecule has 0 fully saturated rings. The molecule has 0 aliphatic rings. The number of benzene rings is 1. The average molecular weight is 287 g/mol. The molecule has 0 unspecified atom stereocenters. The van der Waals surface area contributed by atoms with Gasteiger partial charge < -0.3 is 10.1 Å². The minimum Gasteiger partial charge on any atom is -0.375 e. The number of nitro benzene ring substituents is 1. The molecule has 0 saturated heterocycles. The highest BCUT2D eigenvalue weighted by molar-refractivity contribution is 5.82. The molecule has 2 rings (SSSR count). The number of nitro groups is 1. The number of pyridine rings is 1. The molecular weight excluding hydrogens is 270 g/mol. The number of hydrogen-bond donors (Lipinski definition) is 1. The predicted molar refractivity (Wildman–Crippen MR) is 82.5 cm³/mol. The molecule has 0 radical (unpaired) electrons. The van der Waals surface area contributed by atoms with Gasteiger partial charge in [-0.25, -0.2) is 4.98 Å². The van der Waals surface area contributed by atoms with Crippen LogP contribution in [-0.4, -0.2) is 29.7 Å². The van der Waals surface area contributed by atoms with E-state index < -0.39 is 4.92 Å². The molecule has 6 heteroatoms. The van der Waals surface area contributed by atoms with Crippen molar-refractivity contribution in [3.05, 3.63) is 52.6 Å². The zero-order chi connectivity index (χ0) is 15.2. The van der Waals surface area contributed by atoms with Crippen LogP contribution in [-0.2, 0) is 4.74 Å². The number of rotatable bonds is 7. The van der Waals surface area contributed by atoms with Crippen LogP contribution in [0.5, 0.6) is 0 Å². The molecule has 2 aromatic rings. The fraction of sp³-hybridized carbons (Fsp3) is 0.267. The van der Waals surface area contributed by atoms with Gasteiger partial charge in [0.2, 0.25) is 0 Å². The van der Waals surface area contributed by atoms with Crippen molar-refractivity contribution in [2.75, 3.05) is 25.1 Å². The Morgan fingerprint density at radius 1 is 1.43 bits per heavy atom. The quantitative estimate of drug-likeness (QED) is 0.366. The van der Waals surface area contributed by atoms with E-state index in [1.807, 2.05) is 13.0 Å². The van der Waals surface area contributed by atoms with Crippen LogP contribution >= 0.6 is 0 Å². The third-order valence-corrected chi connectivity index (χ3v) is 2.78. The first-order valence-corrected chi connectivity index (χ1v) is 6.57. The molecule has 1 aromatic heterocycles. The van der Waals surface area contributed by atoms with Crippen molar-refractivity contribution in [2.24, 2.45) is 0 Å². The monoisotopic (exact) mass is 287 g/mol. The standard InChI is InChI=1S/C15H17N3O3/c1-11(2)10-21-8-7-16-15-6-3-12-9-13(18(19)20)4-5-14(12)17-15/h3-6,9H,1,7-8,10H2,2H3,(H,16,17). The molecule has 0 saturated carbocycles. The number of fused-ring (bicyclic) bond motifs is 1. The first-order chi connectivity index (χ1) is 10.1. The maximum atomic E-state index is 10.7. The van der Waals surface area contributed by atoms with Gasteiger partial charge in [0.05, 0.1) is 23.7 Å². The first-order valence-electron chi connectivity index (χ1n) is 6.57. The summed E-state index contributed by atoms with van der Waals surface area (Å²) in [4.78, 5) is 14.7. The summed E-state index contributed by atoms with van der Waals surface area (Å²) in [5.41, 5.74) is 1.77. The van der Waals surface area contributed by atoms with Crippen molar-refractivity contribution in [1.29, 1.82) is 0 Å². The highest BCUT2D eigenvalue weighted by atomic mass is 16.6. The fourth-order valence-corrected chi connectivity index (χ4v) is 1.82. The molecule has 0 aliphatic carbocycles. The molecule has 110 valence electrons. The maximum absolute atomic E-state index is 10.7. The summed E-state index contributed by atoms with van der Waals surface area (Å²) in [6.07, 6.45) is 0. The molecule has 6 nitrogen and oxygen atoms in total. The molecule has 1 aromatic carbocycles. The van der Waals surface area contributed by atoms with Crippen LogP contribution in [0.2, 0.25) is 0 Å². The van der Waals surface area contributed by atoms with E-state index in [2.05, 4.69) is 16.9 Å². The Morgan fingerprint density at radius 3 is 2.95 bits per heavy atom. The SMILES string of the molecule is C=C(C)COCCNc1ccc2cc([N+](=O)[O-])ccc2n1. The summed E-state index contributed by atoms with van der Waals surface area (Å²) in [7, 11) is 0. The summed E-state index contributed by atoms with van der Waals surface area (Å²) in [5.74, 6) is 0.718. The van der Waals surface area contributed by atoms with Crippen molar-refractivity contribution in [2.45, 2.75) is 6.92 Å². The van der Waals surface area contributed by atoms with Crippen molar-refractivity contribution in [3.63, 3.8) is 0 Å². The van der Waals surface area contributed by atoms with E-state index >= 15 is 0 Å². The number of nitrogens with zero attached hydrogens (tertiary/aromatic N) is 2. The minimum absolute atomic E-state index is 0.0678. The molecule has 1 N–H and O–H groups in total. The fourth-order valence-electron chi connectivity index (χ4n) is 1.82. The lowest BCUT2D eigenvalue weighted by molar-refractivity contribution is -0.384. The number of anilines is 1. The van der Waals surface area contributed by atoms with Gasteiger partial charge in [-0.1, -0.05) is 12.2 Å². The largest absolute Gasteiger partial charge is 0.375 e. The van der Waals surface area contributed by atoms with Crippen LogP contribution in [0.4, 0.5) is 11.5 Å². The van der Waals surface area contributed by atoms with E-state index in [1.165, 1.54) is 12.1 Å². The summed E-state index contributed by atoms with van der Waals surface area (Å²) in [6, 6.07) is 8.23. The smallest absolute Gasteiger partial charge is 0.270 e.